The first-order valence-electron chi connectivity index (χ1n) is 5.16. The number of esters is 1. The molecule has 0 saturated heterocycles. The van der Waals surface area contributed by atoms with Crippen molar-refractivity contribution in [2.45, 2.75) is 12.8 Å². The van der Waals surface area contributed by atoms with Gasteiger partial charge in [0.1, 0.15) is 0 Å². The van der Waals surface area contributed by atoms with E-state index in [1.165, 1.54) is 13.2 Å². The Kier molecular flexibility index (Phi) is 4.66. The molecule has 0 bridgehead atoms. The highest BCUT2D eigenvalue weighted by Gasteiger charge is 2.20. The summed E-state index contributed by atoms with van der Waals surface area (Å²) in [5, 5.41) is 17.9. The van der Waals surface area contributed by atoms with Gasteiger partial charge in [0, 0.05) is 6.61 Å². The van der Waals surface area contributed by atoms with Gasteiger partial charge in [-0.1, -0.05) is 12.1 Å². The number of carboxylic acids is 1. The van der Waals surface area contributed by atoms with Crippen LogP contribution in [0.5, 0.6) is 0 Å². The van der Waals surface area contributed by atoms with E-state index in [2.05, 4.69) is 4.74 Å². The summed E-state index contributed by atoms with van der Waals surface area (Å²) in [6.07, 6.45) is 0.855. The van der Waals surface area contributed by atoms with E-state index in [4.69, 9.17) is 10.2 Å². The zero-order valence-electron chi connectivity index (χ0n) is 9.47. The van der Waals surface area contributed by atoms with Crippen LogP contribution in [0.2, 0.25) is 0 Å². The maximum atomic E-state index is 11.4. The van der Waals surface area contributed by atoms with Crippen LogP contribution in [0.1, 0.15) is 32.7 Å². The minimum Gasteiger partial charge on any atom is -0.478 e. The third-order valence-corrected chi connectivity index (χ3v) is 2.37. The Bertz CT molecular complexity index is 425. The monoisotopic (exact) mass is 238 g/mol. The lowest BCUT2D eigenvalue weighted by Gasteiger charge is -2.09. The van der Waals surface area contributed by atoms with Crippen LogP contribution in [-0.2, 0) is 11.2 Å². The Balaban J connectivity index is 3.22. The molecule has 0 aromatic heterocycles. The zero-order chi connectivity index (χ0) is 12.8. The van der Waals surface area contributed by atoms with Crippen molar-refractivity contribution in [2.75, 3.05) is 13.7 Å². The predicted octanol–water partition coefficient (Wildman–Crippen LogP) is 1.10. The summed E-state index contributed by atoms with van der Waals surface area (Å²) in [5.74, 6) is -1.84. The second-order valence-corrected chi connectivity index (χ2v) is 3.46. The number of hydrogen-bond acceptors (Lipinski definition) is 4. The van der Waals surface area contributed by atoms with Gasteiger partial charge < -0.3 is 14.9 Å². The van der Waals surface area contributed by atoms with Gasteiger partial charge in [-0.25, -0.2) is 9.59 Å². The molecule has 0 amide bonds. The van der Waals surface area contributed by atoms with E-state index in [0.717, 1.165) is 0 Å². The third kappa shape index (κ3) is 3.04. The van der Waals surface area contributed by atoms with E-state index in [-0.39, 0.29) is 17.7 Å². The normalized spacial score (nSPS) is 10.0. The van der Waals surface area contributed by atoms with Crippen LogP contribution in [0.25, 0.3) is 0 Å². The minimum absolute atomic E-state index is 0.0263. The van der Waals surface area contributed by atoms with Gasteiger partial charge in [0.25, 0.3) is 0 Å². The highest BCUT2D eigenvalue weighted by atomic mass is 16.5. The van der Waals surface area contributed by atoms with Crippen LogP contribution >= 0.6 is 0 Å². The van der Waals surface area contributed by atoms with Gasteiger partial charge in [0.15, 0.2) is 0 Å². The molecule has 0 spiro atoms. The van der Waals surface area contributed by atoms with E-state index in [9.17, 15) is 9.59 Å². The average Bonchev–Trinajstić information content (AvgIpc) is 2.34. The van der Waals surface area contributed by atoms with Gasteiger partial charge in [-0.15, -0.1) is 0 Å². The van der Waals surface area contributed by atoms with Gasteiger partial charge in [-0.05, 0) is 24.5 Å². The molecule has 0 heterocycles. The van der Waals surface area contributed by atoms with Crippen LogP contribution in [0, 0.1) is 0 Å². The topological polar surface area (TPSA) is 83.8 Å². The van der Waals surface area contributed by atoms with Crippen molar-refractivity contribution in [3.8, 4) is 0 Å². The molecule has 0 fully saturated rings. The Morgan fingerprint density at radius 3 is 2.59 bits per heavy atom. The third-order valence-electron chi connectivity index (χ3n) is 2.37. The first-order valence-corrected chi connectivity index (χ1v) is 5.16. The number of aromatic carboxylic acids is 1. The van der Waals surface area contributed by atoms with Crippen molar-refractivity contribution in [3.63, 3.8) is 0 Å². The minimum atomic E-state index is -1.17. The summed E-state index contributed by atoms with van der Waals surface area (Å²) in [4.78, 5) is 22.6. The number of carbonyl (C=O) groups excluding carboxylic acids is 1. The molecule has 0 saturated carbocycles. The van der Waals surface area contributed by atoms with E-state index in [1.807, 2.05) is 0 Å². The number of ether oxygens (including phenoxy) is 1. The maximum Gasteiger partial charge on any atom is 0.338 e. The SMILES string of the molecule is COC(=O)c1cccc(CCCO)c1C(=O)O. The van der Waals surface area contributed by atoms with Crippen LogP contribution in [0.3, 0.4) is 0 Å². The molecule has 1 rings (SSSR count). The molecular weight excluding hydrogens is 224 g/mol. The van der Waals surface area contributed by atoms with E-state index < -0.39 is 11.9 Å². The van der Waals surface area contributed by atoms with Crippen molar-refractivity contribution in [1.29, 1.82) is 0 Å². The Hall–Kier alpha value is -1.88. The summed E-state index contributed by atoms with van der Waals surface area (Å²) >= 11 is 0. The fourth-order valence-electron chi connectivity index (χ4n) is 1.61. The molecule has 0 aliphatic heterocycles. The molecule has 0 aliphatic rings. The van der Waals surface area contributed by atoms with E-state index >= 15 is 0 Å². The van der Waals surface area contributed by atoms with Crippen molar-refractivity contribution < 1.29 is 24.5 Å². The van der Waals surface area contributed by atoms with E-state index in [0.29, 0.717) is 18.4 Å². The highest BCUT2D eigenvalue weighted by molar-refractivity contribution is 6.03. The Morgan fingerprint density at radius 1 is 1.35 bits per heavy atom. The van der Waals surface area contributed by atoms with Gasteiger partial charge in [-0.2, -0.15) is 0 Å². The lowest BCUT2D eigenvalue weighted by molar-refractivity contribution is 0.0582. The number of rotatable bonds is 5. The lowest BCUT2D eigenvalue weighted by Crippen LogP contribution is -2.13. The number of aliphatic hydroxyl groups excluding tert-OH is 1. The number of hydrogen-bond donors (Lipinski definition) is 2. The maximum absolute atomic E-state index is 11.4. The second kappa shape index (κ2) is 6.00. The standard InChI is InChI=1S/C12H14O5/c1-17-12(16)9-6-2-4-8(5-3-7-13)10(9)11(14)15/h2,4,6,13H,3,5,7H2,1H3,(H,14,15). The predicted molar refractivity (Wildman–Crippen MR) is 60.1 cm³/mol. The van der Waals surface area contributed by atoms with Crippen LogP contribution in [0.4, 0.5) is 0 Å². The van der Waals surface area contributed by atoms with Crippen LogP contribution in [0.15, 0.2) is 18.2 Å². The summed E-state index contributed by atoms with van der Waals surface area (Å²) < 4.78 is 4.53. The molecule has 0 radical (unpaired) electrons. The summed E-state index contributed by atoms with van der Waals surface area (Å²) in [6, 6.07) is 4.65. The van der Waals surface area contributed by atoms with Crippen molar-refractivity contribution in [1.82, 2.24) is 0 Å². The van der Waals surface area contributed by atoms with Crippen molar-refractivity contribution in [3.05, 3.63) is 34.9 Å². The number of benzene rings is 1. The molecule has 0 atom stereocenters. The molecule has 17 heavy (non-hydrogen) atoms. The summed E-state index contributed by atoms with van der Waals surface area (Å²) in [5.41, 5.74) is 0.512. The van der Waals surface area contributed by atoms with Gasteiger partial charge in [0.05, 0.1) is 18.2 Å². The summed E-state index contributed by atoms with van der Waals surface area (Å²) in [6.45, 7) is -0.0263. The van der Waals surface area contributed by atoms with Gasteiger partial charge in [0.2, 0.25) is 0 Å². The number of aryl methyl sites for hydroxylation is 1. The first kappa shape index (κ1) is 13.2. The molecule has 2 N–H and O–H groups in total. The molecule has 0 unspecified atom stereocenters. The summed E-state index contributed by atoms with van der Waals surface area (Å²) in [7, 11) is 1.20. The average molecular weight is 238 g/mol. The second-order valence-electron chi connectivity index (χ2n) is 3.46. The number of aliphatic hydroxyl groups is 1. The quantitative estimate of drug-likeness (QED) is 0.750. The first-order chi connectivity index (χ1) is 8.11. The van der Waals surface area contributed by atoms with E-state index in [1.54, 1.807) is 12.1 Å². The highest BCUT2D eigenvalue weighted by Crippen LogP contribution is 2.17. The fourth-order valence-corrected chi connectivity index (χ4v) is 1.61. The zero-order valence-corrected chi connectivity index (χ0v) is 9.47. The molecular formula is C12H14O5. The number of carboxylic acid groups (broad SMARTS) is 1. The largest absolute Gasteiger partial charge is 0.478 e. The fraction of sp³-hybridized carbons (Fsp3) is 0.333. The molecule has 0 aliphatic carbocycles. The van der Waals surface area contributed by atoms with Crippen LogP contribution in [-0.4, -0.2) is 35.9 Å². The van der Waals surface area contributed by atoms with Crippen LogP contribution < -0.4 is 0 Å². The van der Waals surface area contributed by atoms with Gasteiger partial charge in [-0.3, -0.25) is 0 Å². The molecule has 1 aromatic carbocycles. The Morgan fingerprint density at radius 2 is 2.06 bits per heavy atom. The number of carbonyl (C=O) groups is 2. The lowest BCUT2D eigenvalue weighted by atomic mass is 9.98. The molecule has 92 valence electrons. The molecule has 1 aromatic rings. The smallest absolute Gasteiger partial charge is 0.338 e. The van der Waals surface area contributed by atoms with Crippen molar-refractivity contribution in [2.24, 2.45) is 0 Å². The number of methoxy groups -OCH3 is 1. The molecule has 5 nitrogen and oxygen atoms in total. The molecule has 5 heteroatoms. The van der Waals surface area contributed by atoms with Gasteiger partial charge >= 0.3 is 11.9 Å². The van der Waals surface area contributed by atoms with Crippen molar-refractivity contribution >= 4 is 11.9 Å². The Labute approximate surface area is 98.6 Å².